The van der Waals surface area contributed by atoms with Crippen molar-refractivity contribution < 1.29 is 9.47 Å². The molecular formula is C14H18N2O2. The third-order valence-corrected chi connectivity index (χ3v) is 3.54. The number of nitrogens with one attached hydrogen (secondary N) is 1. The van der Waals surface area contributed by atoms with Gasteiger partial charge in [-0.2, -0.15) is 0 Å². The molecule has 1 aliphatic heterocycles. The summed E-state index contributed by atoms with van der Waals surface area (Å²) in [5, 5.41) is 4.41. The lowest BCUT2D eigenvalue weighted by atomic mass is 10.2. The molecule has 2 aromatic rings. The molecule has 1 aromatic carbocycles. The Morgan fingerprint density at radius 3 is 3.00 bits per heavy atom. The summed E-state index contributed by atoms with van der Waals surface area (Å²) < 4.78 is 13.6. The van der Waals surface area contributed by atoms with Gasteiger partial charge in [-0.3, -0.25) is 0 Å². The Bertz CT molecular complexity index is 589. The maximum Gasteiger partial charge on any atom is 0.147 e. The van der Waals surface area contributed by atoms with Gasteiger partial charge in [0.2, 0.25) is 0 Å². The van der Waals surface area contributed by atoms with Crippen LogP contribution in [-0.4, -0.2) is 31.9 Å². The highest BCUT2D eigenvalue weighted by Crippen LogP contribution is 2.38. The van der Waals surface area contributed by atoms with Crippen molar-refractivity contribution in [3.63, 3.8) is 0 Å². The van der Waals surface area contributed by atoms with Gasteiger partial charge in [-0.1, -0.05) is 0 Å². The van der Waals surface area contributed by atoms with Crippen LogP contribution < -0.4 is 14.8 Å². The second-order valence-electron chi connectivity index (χ2n) is 4.74. The number of ether oxygens (including phenoxy) is 2. The zero-order chi connectivity index (χ0) is 12.7. The largest absolute Gasteiger partial charge is 0.497 e. The van der Waals surface area contributed by atoms with Gasteiger partial charge >= 0.3 is 0 Å². The Labute approximate surface area is 106 Å². The highest BCUT2D eigenvalue weighted by atomic mass is 16.5. The predicted octanol–water partition coefficient (Wildman–Crippen LogP) is 2.11. The van der Waals surface area contributed by atoms with Crippen LogP contribution in [0.2, 0.25) is 0 Å². The Kier molecular flexibility index (Phi) is 2.67. The average Bonchev–Trinajstić information content (AvgIpc) is 2.71. The van der Waals surface area contributed by atoms with Gasteiger partial charge in [0.05, 0.1) is 18.7 Å². The second kappa shape index (κ2) is 4.21. The fraction of sp³-hybridized carbons (Fsp3) is 0.429. The van der Waals surface area contributed by atoms with Crippen LogP contribution in [-0.2, 0) is 0 Å². The van der Waals surface area contributed by atoms with Crippen LogP contribution in [0.15, 0.2) is 18.2 Å². The van der Waals surface area contributed by atoms with E-state index in [1.54, 1.807) is 7.11 Å². The van der Waals surface area contributed by atoms with E-state index >= 15 is 0 Å². The number of aryl methyl sites for hydroxylation is 1. The fourth-order valence-corrected chi connectivity index (χ4v) is 2.79. The van der Waals surface area contributed by atoms with Gasteiger partial charge in [-0.25, -0.2) is 0 Å². The minimum absolute atomic E-state index is 0.355. The van der Waals surface area contributed by atoms with E-state index in [0.29, 0.717) is 12.6 Å². The van der Waals surface area contributed by atoms with Crippen molar-refractivity contribution in [2.24, 2.45) is 0 Å². The van der Waals surface area contributed by atoms with Gasteiger partial charge < -0.3 is 19.4 Å². The van der Waals surface area contributed by atoms with E-state index in [4.69, 9.17) is 9.47 Å². The summed E-state index contributed by atoms with van der Waals surface area (Å²) >= 11 is 0. The summed E-state index contributed by atoms with van der Waals surface area (Å²) in [6.45, 7) is 3.76. The molecule has 0 spiro atoms. The Balaban J connectivity index is 2.23. The number of rotatable bonds is 3. The second-order valence-corrected chi connectivity index (χ2v) is 4.74. The molecule has 1 N–H and O–H groups in total. The average molecular weight is 246 g/mol. The standard InChI is InChI=1S/C14H18N2O2/c1-9-4-10-5-12(17-3)6-13-14(10)16(9)11(7-15-2)8-18-13/h4-6,11,15H,7-8H2,1-3H3. The number of likely N-dealkylation sites (N-methyl/N-ethyl adjacent to an activating group) is 1. The van der Waals surface area contributed by atoms with Crippen molar-refractivity contribution in [3.8, 4) is 11.5 Å². The zero-order valence-corrected chi connectivity index (χ0v) is 11.0. The summed E-state index contributed by atoms with van der Waals surface area (Å²) in [6, 6.07) is 6.58. The van der Waals surface area contributed by atoms with Crippen LogP contribution in [0.25, 0.3) is 10.9 Å². The molecule has 0 saturated carbocycles. The first-order valence-corrected chi connectivity index (χ1v) is 6.21. The molecule has 1 aromatic heterocycles. The minimum Gasteiger partial charge on any atom is -0.497 e. The van der Waals surface area contributed by atoms with Crippen LogP contribution in [0.1, 0.15) is 11.7 Å². The van der Waals surface area contributed by atoms with Crippen molar-refractivity contribution in [2.45, 2.75) is 13.0 Å². The smallest absolute Gasteiger partial charge is 0.147 e. The Morgan fingerprint density at radius 2 is 2.28 bits per heavy atom. The molecule has 0 saturated heterocycles. The van der Waals surface area contributed by atoms with Crippen molar-refractivity contribution in [1.82, 2.24) is 9.88 Å². The zero-order valence-electron chi connectivity index (χ0n) is 11.0. The van der Waals surface area contributed by atoms with E-state index in [1.165, 1.54) is 16.6 Å². The van der Waals surface area contributed by atoms with Gasteiger partial charge in [0.1, 0.15) is 18.1 Å². The van der Waals surface area contributed by atoms with Gasteiger partial charge in [0.25, 0.3) is 0 Å². The predicted molar refractivity (Wildman–Crippen MR) is 71.7 cm³/mol. The molecule has 0 amide bonds. The number of benzene rings is 1. The number of hydrogen-bond acceptors (Lipinski definition) is 3. The van der Waals surface area contributed by atoms with Crippen molar-refractivity contribution in [3.05, 3.63) is 23.9 Å². The van der Waals surface area contributed by atoms with Crippen LogP contribution in [0, 0.1) is 6.92 Å². The topological polar surface area (TPSA) is 35.4 Å². The molecule has 3 rings (SSSR count). The summed E-state index contributed by atoms with van der Waals surface area (Å²) in [5.74, 6) is 1.77. The molecule has 4 heteroatoms. The molecule has 2 heterocycles. The van der Waals surface area contributed by atoms with E-state index in [2.05, 4.69) is 28.9 Å². The summed E-state index contributed by atoms with van der Waals surface area (Å²) in [6.07, 6.45) is 0. The van der Waals surface area contributed by atoms with E-state index in [0.717, 1.165) is 18.0 Å². The Morgan fingerprint density at radius 1 is 1.44 bits per heavy atom. The van der Waals surface area contributed by atoms with Crippen LogP contribution in [0.3, 0.4) is 0 Å². The molecule has 1 aliphatic rings. The molecule has 0 bridgehead atoms. The number of aromatic nitrogens is 1. The van der Waals surface area contributed by atoms with Gasteiger partial charge in [-0.15, -0.1) is 0 Å². The van der Waals surface area contributed by atoms with Gasteiger partial charge in [0.15, 0.2) is 0 Å². The first-order valence-electron chi connectivity index (χ1n) is 6.21. The monoisotopic (exact) mass is 246 g/mol. The van der Waals surface area contributed by atoms with E-state index in [-0.39, 0.29) is 0 Å². The molecule has 96 valence electrons. The molecule has 1 unspecified atom stereocenters. The fourth-order valence-electron chi connectivity index (χ4n) is 2.79. The highest BCUT2D eigenvalue weighted by molar-refractivity contribution is 5.89. The molecule has 0 radical (unpaired) electrons. The maximum atomic E-state index is 5.88. The molecular weight excluding hydrogens is 228 g/mol. The third kappa shape index (κ3) is 1.56. The molecule has 0 fully saturated rings. The quantitative estimate of drug-likeness (QED) is 0.901. The molecule has 0 aliphatic carbocycles. The van der Waals surface area contributed by atoms with E-state index < -0.39 is 0 Å². The number of nitrogens with zero attached hydrogens (tertiary/aromatic N) is 1. The van der Waals surface area contributed by atoms with Crippen molar-refractivity contribution in [1.29, 1.82) is 0 Å². The van der Waals surface area contributed by atoms with Crippen molar-refractivity contribution in [2.75, 3.05) is 27.3 Å². The lowest BCUT2D eigenvalue weighted by Gasteiger charge is -2.27. The number of hydrogen-bond donors (Lipinski definition) is 1. The normalized spacial score (nSPS) is 17.8. The molecule has 18 heavy (non-hydrogen) atoms. The van der Waals surface area contributed by atoms with Gasteiger partial charge in [-0.05, 0) is 26.1 Å². The minimum atomic E-state index is 0.355. The highest BCUT2D eigenvalue weighted by Gasteiger charge is 2.24. The first-order chi connectivity index (χ1) is 8.74. The summed E-state index contributed by atoms with van der Waals surface area (Å²) in [5.41, 5.74) is 2.45. The number of methoxy groups -OCH3 is 1. The van der Waals surface area contributed by atoms with Gasteiger partial charge in [0, 0.05) is 23.7 Å². The lowest BCUT2D eigenvalue weighted by molar-refractivity contribution is 0.232. The van der Waals surface area contributed by atoms with Crippen molar-refractivity contribution >= 4 is 10.9 Å². The summed E-state index contributed by atoms with van der Waals surface area (Å²) in [4.78, 5) is 0. The van der Waals surface area contributed by atoms with Crippen LogP contribution in [0.5, 0.6) is 11.5 Å². The third-order valence-electron chi connectivity index (χ3n) is 3.54. The Hall–Kier alpha value is -1.68. The molecule has 4 nitrogen and oxygen atoms in total. The first kappa shape index (κ1) is 11.4. The van der Waals surface area contributed by atoms with E-state index in [9.17, 15) is 0 Å². The van der Waals surface area contributed by atoms with Crippen LogP contribution >= 0.6 is 0 Å². The molecule has 1 atom stereocenters. The van der Waals surface area contributed by atoms with E-state index in [1.807, 2.05) is 13.1 Å². The lowest BCUT2D eigenvalue weighted by Crippen LogP contribution is -2.30. The maximum absolute atomic E-state index is 5.88. The van der Waals surface area contributed by atoms with Crippen LogP contribution in [0.4, 0.5) is 0 Å². The SMILES string of the molecule is CNCC1COc2cc(OC)cc3cc(C)n1c23. The summed E-state index contributed by atoms with van der Waals surface area (Å²) in [7, 11) is 3.66.